The lowest BCUT2D eigenvalue weighted by Gasteiger charge is -2.15. The molecule has 0 spiro atoms. The Morgan fingerprint density at radius 2 is 0.725 bits per heavy atom. The summed E-state index contributed by atoms with van der Waals surface area (Å²) < 4.78 is 2.86. The van der Waals surface area contributed by atoms with Crippen LogP contribution in [0.25, 0.3) is 55.4 Å². The van der Waals surface area contributed by atoms with Crippen LogP contribution in [0.4, 0.5) is 0 Å². The van der Waals surface area contributed by atoms with Crippen molar-refractivity contribution in [2.24, 2.45) is 0 Å². The zero-order chi connectivity index (χ0) is 27.1. The molecule has 0 fully saturated rings. The lowest BCUT2D eigenvalue weighted by molar-refractivity contribution is 0.823. The van der Waals surface area contributed by atoms with E-state index in [0.717, 1.165) is 11.1 Å². The summed E-state index contributed by atoms with van der Waals surface area (Å²) >= 11 is 0. The smallest absolute Gasteiger partial charge is 0.267 e. The summed E-state index contributed by atoms with van der Waals surface area (Å²) in [6, 6.07) is 41.7. The number of para-hydroxylation sites is 2. The van der Waals surface area contributed by atoms with E-state index in [0.29, 0.717) is 44.3 Å². The van der Waals surface area contributed by atoms with Gasteiger partial charge in [0.05, 0.1) is 33.5 Å². The molecule has 0 aliphatic heterocycles. The van der Waals surface area contributed by atoms with Crippen molar-refractivity contribution in [3.8, 4) is 33.9 Å². The predicted molar refractivity (Wildman–Crippen MR) is 159 cm³/mol. The van der Waals surface area contributed by atoms with E-state index in [1.54, 1.807) is 12.1 Å². The first-order chi connectivity index (χ1) is 19.7. The zero-order valence-electron chi connectivity index (χ0n) is 21.3. The van der Waals surface area contributed by atoms with Crippen molar-refractivity contribution in [3.05, 3.63) is 154 Å². The SMILES string of the molecule is O=c1c2cc3c(-c4ccccc4)nn(-c4ccccc4)c(=O)c3cc2c(-c2ccccc2)nn1-c1ccccc1. The van der Waals surface area contributed by atoms with Crippen molar-refractivity contribution in [2.45, 2.75) is 0 Å². The first-order valence-electron chi connectivity index (χ1n) is 12.9. The Morgan fingerprint density at radius 1 is 0.400 bits per heavy atom. The molecule has 0 aliphatic rings. The molecule has 0 radical (unpaired) electrons. The highest BCUT2D eigenvalue weighted by molar-refractivity contribution is 6.06. The van der Waals surface area contributed by atoms with Crippen LogP contribution in [0, 0.1) is 0 Å². The molecular weight excluding hydrogens is 496 g/mol. The molecule has 7 rings (SSSR count). The average Bonchev–Trinajstić information content (AvgIpc) is 3.03. The van der Waals surface area contributed by atoms with Gasteiger partial charge in [-0.3, -0.25) is 9.59 Å². The van der Waals surface area contributed by atoms with Crippen LogP contribution in [-0.2, 0) is 0 Å². The van der Waals surface area contributed by atoms with E-state index >= 15 is 0 Å². The number of benzene rings is 5. The Morgan fingerprint density at radius 3 is 1.07 bits per heavy atom. The predicted octanol–water partition coefficient (Wildman–Crippen LogP) is 6.42. The average molecular weight is 519 g/mol. The summed E-state index contributed by atoms with van der Waals surface area (Å²) in [4.78, 5) is 27.9. The van der Waals surface area contributed by atoms with Gasteiger partial charge in [0, 0.05) is 21.9 Å². The minimum Gasteiger partial charge on any atom is -0.267 e. The normalized spacial score (nSPS) is 11.2. The Bertz CT molecular complexity index is 1970. The fourth-order valence-electron chi connectivity index (χ4n) is 5.08. The first-order valence-corrected chi connectivity index (χ1v) is 12.9. The van der Waals surface area contributed by atoms with E-state index in [9.17, 15) is 9.59 Å². The summed E-state index contributed by atoms with van der Waals surface area (Å²) in [7, 11) is 0. The van der Waals surface area contributed by atoms with Crippen LogP contribution in [0.15, 0.2) is 143 Å². The van der Waals surface area contributed by atoms with Crippen molar-refractivity contribution in [3.63, 3.8) is 0 Å². The Labute approximate surface area is 229 Å². The van der Waals surface area contributed by atoms with Crippen LogP contribution in [0.3, 0.4) is 0 Å². The second kappa shape index (κ2) is 9.60. The number of rotatable bonds is 4. The summed E-state index contributed by atoms with van der Waals surface area (Å²) in [6.45, 7) is 0. The molecule has 190 valence electrons. The van der Waals surface area contributed by atoms with Crippen molar-refractivity contribution in [2.75, 3.05) is 0 Å². The zero-order valence-corrected chi connectivity index (χ0v) is 21.3. The van der Waals surface area contributed by atoms with E-state index in [1.807, 2.05) is 121 Å². The molecule has 40 heavy (non-hydrogen) atoms. The molecule has 0 atom stereocenters. The van der Waals surface area contributed by atoms with Crippen LogP contribution >= 0.6 is 0 Å². The van der Waals surface area contributed by atoms with Gasteiger partial charge in [-0.15, -0.1) is 0 Å². The van der Waals surface area contributed by atoms with E-state index < -0.39 is 0 Å². The molecule has 0 aliphatic carbocycles. The molecule has 0 N–H and O–H groups in total. The van der Waals surface area contributed by atoms with Crippen LogP contribution < -0.4 is 11.1 Å². The Hall–Kier alpha value is -5.62. The molecule has 0 unspecified atom stereocenters. The van der Waals surface area contributed by atoms with E-state index in [2.05, 4.69) is 0 Å². The molecule has 5 aromatic carbocycles. The molecule has 0 amide bonds. The van der Waals surface area contributed by atoms with Gasteiger partial charge in [0.25, 0.3) is 11.1 Å². The number of fused-ring (bicyclic) bond motifs is 2. The quantitative estimate of drug-likeness (QED) is 0.252. The minimum absolute atomic E-state index is 0.269. The number of hydrogen-bond donors (Lipinski definition) is 0. The molecular formula is C34H22N4O2. The monoisotopic (exact) mass is 518 g/mol. The topological polar surface area (TPSA) is 69.8 Å². The maximum atomic E-state index is 14.0. The minimum atomic E-state index is -0.269. The van der Waals surface area contributed by atoms with Gasteiger partial charge < -0.3 is 0 Å². The second-order valence-electron chi connectivity index (χ2n) is 9.48. The van der Waals surface area contributed by atoms with Crippen LogP contribution in [0.5, 0.6) is 0 Å². The summed E-state index contributed by atoms with van der Waals surface area (Å²) in [5.74, 6) is 0. The fraction of sp³-hybridized carbons (Fsp3) is 0. The Balaban J connectivity index is 1.65. The highest BCUT2D eigenvalue weighted by atomic mass is 16.1. The summed E-state index contributed by atoms with van der Waals surface area (Å²) in [6.07, 6.45) is 0. The third kappa shape index (κ3) is 3.90. The van der Waals surface area contributed by atoms with E-state index in [4.69, 9.17) is 10.2 Å². The van der Waals surface area contributed by atoms with Crippen molar-refractivity contribution in [1.82, 2.24) is 19.6 Å². The summed E-state index contributed by atoms with van der Waals surface area (Å²) in [5, 5.41) is 11.8. The van der Waals surface area contributed by atoms with Gasteiger partial charge in [0.15, 0.2) is 0 Å². The highest BCUT2D eigenvalue weighted by Gasteiger charge is 2.19. The van der Waals surface area contributed by atoms with Gasteiger partial charge in [-0.2, -0.15) is 19.6 Å². The molecule has 7 aromatic rings. The largest absolute Gasteiger partial charge is 0.279 e. The van der Waals surface area contributed by atoms with Crippen molar-refractivity contribution < 1.29 is 0 Å². The van der Waals surface area contributed by atoms with Gasteiger partial charge in [0.1, 0.15) is 0 Å². The van der Waals surface area contributed by atoms with Gasteiger partial charge in [-0.1, -0.05) is 97.1 Å². The lowest BCUT2D eigenvalue weighted by atomic mass is 9.98. The lowest BCUT2D eigenvalue weighted by Crippen LogP contribution is -2.24. The summed E-state index contributed by atoms with van der Waals surface area (Å²) in [5.41, 5.74) is 3.70. The van der Waals surface area contributed by atoms with E-state index in [-0.39, 0.29) is 11.1 Å². The molecule has 6 nitrogen and oxygen atoms in total. The molecule has 0 saturated carbocycles. The van der Waals surface area contributed by atoms with Gasteiger partial charge >= 0.3 is 0 Å². The molecule has 0 bridgehead atoms. The van der Waals surface area contributed by atoms with Crippen molar-refractivity contribution >= 4 is 21.5 Å². The number of aromatic nitrogens is 4. The van der Waals surface area contributed by atoms with Crippen LogP contribution in [0.1, 0.15) is 0 Å². The first kappa shape index (κ1) is 23.5. The van der Waals surface area contributed by atoms with Gasteiger partial charge in [-0.25, -0.2) is 0 Å². The van der Waals surface area contributed by atoms with Crippen LogP contribution in [0.2, 0.25) is 0 Å². The third-order valence-corrected chi connectivity index (χ3v) is 7.01. The maximum absolute atomic E-state index is 14.0. The van der Waals surface area contributed by atoms with E-state index in [1.165, 1.54) is 9.36 Å². The Kier molecular flexibility index (Phi) is 5.64. The maximum Gasteiger partial charge on any atom is 0.279 e. The molecule has 2 aromatic heterocycles. The molecule has 0 saturated heterocycles. The second-order valence-corrected chi connectivity index (χ2v) is 9.48. The van der Waals surface area contributed by atoms with Gasteiger partial charge in [0.2, 0.25) is 0 Å². The third-order valence-electron chi connectivity index (χ3n) is 7.01. The molecule has 6 heteroatoms. The highest BCUT2D eigenvalue weighted by Crippen LogP contribution is 2.32. The molecule has 2 heterocycles. The standard InChI is InChI=1S/C34H22N4O2/c39-33-29-22-28-30(34(40)38(26-19-11-4-12-20-26)36-32(28)24-15-7-2-8-16-24)21-27(29)31(23-13-5-1-6-14-23)35-37(33)25-17-9-3-10-18-25/h1-22H. The van der Waals surface area contributed by atoms with Crippen molar-refractivity contribution in [1.29, 1.82) is 0 Å². The van der Waals surface area contributed by atoms with Crippen LogP contribution in [-0.4, -0.2) is 19.6 Å². The fourth-order valence-corrected chi connectivity index (χ4v) is 5.08. The van der Waals surface area contributed by atoms with Gasteiger partial charge in [-0.05, 0) is 36.4 Å². The number of hydrogen-bond acceptors (Lipinski definition) is 4. The number of nitrogens with zero attached hydrogens (tertiary/aromatic N) is 4.